The van der Waals surface area contributed by atoms with Crippen LogP contribution in [0.25, 0.3) is 11.4 Å². The second-order valence-electron chi connectivity index (χ2n) is 7.78. The number of halogens is 4. The molecule has 2 aromatic heterocycles. The van der Waals surface area contributed by atoms with Crippen LogP contribution in [0.1, 0.15) is 19.4 Å². The predicted molar refractivity (Wildman–Crippen MR) is 127 cm³/mol. The molecule has 1 fully saturated rings. The summed E-state index contributed by atoms with van der Waals surface area (Å²) in [6.45, 7) is 7.15. The average molecular weight is 492 g/mol. The molecule has 180 valence electrons. The van der Waals surface area contributed by atoms with E-state index in [-0.39, 0.29) is 5.82 Å². The number of aromatic nitrogens is 4. The number of anilines is 3. The third-order valence-corrected chi connectivity index (χ3v) is 5.97. The van der Waals surface area contributed by atoms with Crippen LogP contribution in [0.2, 0.25) is 5.02 Å². The van der Waals surface area contributed by atoms with Crippen molar-refractivity contribution in [3.63, 3.8) is 0 Å². The second-order valence-corrected chi connectivity index (χ2v) is 8.22. The van der Waals surface area contributed by atoms with Crippen molar-refractivity contribution in [1.82, 2.24) is 19.9 Å². The summed E-state index contributed by atoms with van der Waals surface area (Å²) in [5.74, 6) is 1.54. The van der Waals surface area contributed by atoms with Gasteiger partial charge in [-0.15, -0.1) is 0 Å². The Balaban J connectivity index is 1.61. The number of piperazine rings is 1. The van der Waals surface area contributed by atoms with Crippen LogP contribution in [0.5, 0.6) is 0 Å². The summed E-state index contributed by atoms with van der Waals surface area (Å²) in [6.07, 6.45) is -3.07. The predicted octanol–water partition coefficient (Wildman–Crippen LogP) is 4.78. The monoisotopic (exact) mass is 491 g/mol. The fourth-order valence-corrected chi connectivity index (χ4v) is 3.99. The first-order valence-corrected chi connectivity index (χ1v) is 11.5. The molecular formula is C23H25ClF3N7. The Bertz CT molecular complexity index is 1110. The van der Waals surface area contributed by atoms with Crippen LogP contribution in [0, 0.1) is 0 Å². The maximum Gasteiger partial charge on any atom is 0.419 e. The molecule has 11 heteroatoms. The largest absolute Gasteiger partial charge is 0.419 e. The van der Waals surface area contributed by atoms with Gasteiger partial charge >= 0.3 is 6.18 Å². The van der Waals surface area contributed by atoms with Gasteiger partial charge < -0.3 is 14.7 Å². The lowest BCUT2D eigenvalue weighted by atomic mass is 10.2. The van der Waals surface area contributed by atoms with Gasteiger partial charge in [-0.3, -0.25) is 0 Å². The Morgan fingerprint density at radius 2 is 1.56 bits per heavy atom. The zero-order valence-corrected chi connectivity index (χ0v) is 19.7. The van der Waals surface area contributed by atoms with Crippen molar-refractivity contribution in [2.45, 2.75) is 20.0 Å². The molecule has 0 N–H and O–H groups in total. The summed E-state index contributed by atoms with van der Waals surface area (Å²) >= 11 is 6.03. The fraction of sp³-hybridized carbons (Fsp3) is 0.391. The number of pyridine rings is 1. The molecule has 0 unspecified atom stereocenters. The van der Waals surface area contributed by atoms with Gasteiger partial charge in [-0.05, 0) is 50.2 Å². The summed E-state index contributed by atoms with van der Waals surface area (Å²) in [5.41, 5.74) is 0.0841. The molecule has 0 amide bonds. The molecule has 1 aromatic carbocycles. The normalized spacial score (nSPS) is 14.4. The molecule has 1 saturated heterocycles. The minimum Gasteiger partial charge on any atom is -0.353 e. The van der Waals surface area contributed by atoms with E-state index in [1.807, 2.05) is 35.8 Å². The van der Waals surface area contributed by atoms with Gasteiger partial charge in [-0.25, -0.2) is 4.98 Å². The topological polar surface area (TPSA) is 61.3 Å². The Morgan fingerprint density at radius 3 is 2.18 bits per heavy atom. The SMILES string of the molecule is CCN(CC)c1nc(-c2ccc(Cl)cc2)nc(N2CCN(c3ncccc3C(F)(F)F)CC2)n1. The molecule has 4 rings (SSSR count). The van der Waals surface area contributed by atoms with Gasteiger partial charge in [0, 0.05) is 56.1 Å². The average Bonchev–Trinajstić information content (AvgIpc) is 2.85. The Kier molecular flexibility index (Phi) is 7.06. The summed E-state index contributed by atoms with van der Waals surface area (Å²) < 4.78 is 40.3. The highest BCUT2D eigenvalue weighted by Crippen LogP contribution is 2.35. The highest BCUT2D eigenvalue weighted by molar-refractivity contribution is 6.30. The molecular weight excluding hydrogens is 467 g/mol. The quantitative estimate of drug-likeness (QED) is 0.492. The summed E-state index contributed by atoms with van der Waals surface area (Å²) in [4.78, 5) is 23.7. The number of hydrogen-bond acceptors (Lipinski definition) is 7. The van der Waals surface area contributed by atoms with Crippen molar-refractivity contribution in [1.29, 1.82) is 0 Å². The Morgan fingerprint density at radius 1 is 0.912 bits per heavy atom. The van der Waals surface area contributed by atoms with E-state index in [1.165, 1.54) is 12.3 Å². The van der Waals surface area contributed by atoms with E-state index in [0.717, 1.165) is 24.7 Å². The van der Waals surface area contributed by atoms with Crippen LogP contribution in [-0.2, 0) is 6.18 Å². The van der Waals surface area contributed by atoms with E-state index >= 15 is 0 Å². The zero-order valence-electron chi connectivity index (χ0n) is 18.9. The molecule has 0 radical (unpaired) electrons. The molecule has 0 saturated carbocycles. The standard InChI is InChI=1S/C23H25ClF3N7/c1-3-32(4-2)21-29-19(16-7-9-17(24)10-8-16)30-22(31-21)34-14-12-33(13-15-34)20-18(23(25,26)27)6-5-11-28-20/h5-11H,3-4,12-15H2,1-2H3. The van der Waals surface area contributed by atoms with Gasteiger partial charge in [-0.2, -0.15) is 28.1 Å². The van der Waals surface area contributed by atoms with E-state index in [1.54, 1.807) is 17.0 Å². The minimum absolute atomic E-state index is 0.0454. The van der Waals surface area contributed by atoms with Crippen LogP contribution in [0.15, 0.2) is 42.6 Å². The molecule has 7 nitrogen and oxygen atoms in total. The first kappa shape index (κ1) is 24.0. The number of rotatable bonds is 6. The second kappa shape index (κ2) is 10.0. The molecule has 3 aromatic rings. The number of nitrogens with zero attached hydrogens (tertiary/aromatic N) is 7. The lowest BCUT2D eigenvalue weighted by molar-refractivity contribution is -0.137. The molecule has 3 heterocycles. The maximum atomic E-state index is 13.4. The van der Waals surface area contributed by atoms with Crippen LogP contribution >= 0.6 is 11.6 Å². The molecule has 1 aliphatic heterocycles. The van der Waals surface area contributed by atoms with E-state index < -0.39 is 11.7 Å². The van der Waals surface area contributed by atoms with Crippen LogP contribution in [0.4, 0.5) is 30.9 Å². The Hall–Kier alpha value is -3.14. The van der Waals surface area contributed by atoms with Crippen LogP contribution < -0.4 is 14.7 Å². The minimum atomic E-state index is -4.46. The fourth-order valence-electron chi connectivity index (χ4n) is 3.86. The summed E-state index contributed by atoms with van der Waals surface area (Å²) in [7, 11) is 0. The summed E-state index contributed by atoms with van der Waals surface area (Å²) in [6, 6.07) is 9.63. The van der Waals surface area contributed by atoms with Crippen molar-refractivity contribution in [3.8, 4) is 11.4 Å². The number of benzene rings is 1. The third kappa shape index (κ3) is 5.16. The van der Waals surface area contributed by atoms with Crippen LogP contribution in [0.3, 0.4) is 0 Å². The first-order valence-electron chi connectivity index (χ1n) is 11.1. The molecule has 0 spiro atoms. The van der Waals surface area contributed by atoms with E-state index in [9.17, 15) is 13.2 Å². The van der Waals surface area contributed by atoms with Gasteiger partial charge in [0.05, 0.1) is 5.56 Å². The smallest absolute Gasteiger partial charge is 0.353 e. The van der Waals surface area contributed by atoms with Crippen molar-refractivity contribution in [2.24, 2.45) is 0 Å². The van der Waals surface area contributed by atoms with Gasteiger partial charge in [0.1, 0.15) is 5.82 Å². The highest BCUT2D eigenvalue weighted by atomic mass is 35.5. The number of alkyl halides is 3. The summed E-state index contributed by atoms with van der Waals surface area (Å²) in [5, 5.41) is 0.617. The van der Waals surface area contributed by atoms with Gasteiger partial charge in [0.15, 0.2) is 5.82 Å². The maximum absolute atomic E-state index is 13.4. The molecule has 0 aliphatic carbocycles. The van der Waals surface area contributed by atoms with Crippen molar-refractivity contribution in [2.75, 3.05) is 54.0 Å². The highest BCUT2D eigenvalue weighted by Gasteiger charge is 2.36. The Labute approximate surface area is 201 Å². The van der Waals surface area contributed by atoms with Crippen molar-refractivity contribution in [3.05, 3.63) is 53.2 Å². The lowest BCUT2D eigenvalue weighted by Gasteiger charge is -2.36. The molecule has 34 heavy (non-hydrogen) atoms. The first-order chi connectivity index (χ1) is 16.3. The van der Waals surface area contributed by atoms with Crippen molar-refractivity contribution < 1.29 is 13.2 Å². The molecule has 0 bridgehead atoms. The third-order valence-electron chi connectivity index (χ3n) is 5.71. The van der Waals surface area contributed by atoms with E-state index in [2.05, 4.69) is 19.9 Å². The zero-order chi connectivity index (χ0) is 24.3. The van der Waals surface area contributed by atoms with Gasteiger partial charge in [0.2, 0.25) is 11.9 Å². The van der Waals surface area contributed by atoms with Gasteiger partial charge in [-0.1, -0.05) is 11.6 Å². The van der Waals surface area contributed by atoms with E-state index in [0.29, 0.717) is 48.9 Å². The van der Waals surface area contributed by atoms with Crippen LogP contribution in [-0.4, -0.2) is 59.2 Å². The molecule has 1 aliphatic rings. The van der Waals surface area contributed by atoms with Gasteiger partial charge in [0.25, 0.3) is 0 Å². The lowest BCUT2D eigenvalue weighted by Crippen LogP contribution is -2.48. The number of hydrogen-bond donors (Lipinski definition) is 0. The van der Waals surface area contributed by atoms with E-state index in [4.69, 9.17) is 11.6 Å². The van der Waals surface area contributed by atoms with Crippen molar-refractivity contribution >= 4 is 29.3 Å². The molecule has 0 atom stereocenters.